The van der Waals surface area contributed by atoms with Crippen molar-refractivity contribution in [1.29, 1.82) is 0 Å². The minimum Gasteiger partial charge on any atom is -0.314 e. The van der Waals surface area contributed by atoms with Gasteiger partial charge in [-0.1, -0.05) is 11.6 Å². The van der Waals surface area contributed by atoms with Crippen molar-refractivity contribution >= 4 is 17.5 Å². The van der Waals surface area contributed by atoms with E-state index >= 15 is 0 Å². The molecule has 1 aliphatic rings. The van der Waals surface area contributed by atoms with Gasteiger partial charge in [0.2, 0.25) is 0 Å². The first-order chi connectivity index (χ1) is 7.75. The van der Waals surface area contributed by atoms with Crippen molar-refractivity contribution in [3.63, 3.8) is 0 Å². The fraction of sp³-hybridized carbons (Fsp3) is 0.364. The van der Waals surface area contributed by atoms with Crippen LogP contribution in [-0.4, -0.2) is 37.1 Å². The number of carbonyl (C=O) groups excluding carboxylic acids is 1. The van der Waals surface area contributed by atoms with Crippen molar-refractivity contribution in [2.75, 3.05) is 26.2 Å². The number of hydrogen-bond donors (Lipinski definition) is 2. The molecule has 5 heteroatoms. The molecule has 2 rings (SSSR count). The second-order valence-electron chi connectivity index (χ2n) is 3.68. The minimum atomic E-state index is -0.0847. The van der Waals surface area contributed by atoms with Gasteiger partial charge in [0.15, 0.2) is 0 Å². The van der Waals surface area contributed by atoms with Gasteiger partial charge in [0, 0.05) is 36.8 Å². The highest BCUT2D eigenvalue weighted by atomic mass is 35.5. The lowest BCUT2D eigenvalue weighted by Gasteiger charge is -2.27. The van der Waals surface area contributed by atoms with Crippen LogP contribution in [0.1, 0.15) is 10.4 Å². The average molecular weight is 240 g/mol. The van der Waals surface area contributed by atoms with Crippen LogP contribution >= 0.6 is 11.6 Å². The Morgan fingerprint density at radius 3 is 2.50 bits per heavy atom. The first-order valence-electron chi connectivity index (χ1n) is 5.28. The molecule has 0 atom stereocenters. The number of amides is 1. The molecule has 0 aromatic heterocycles. The third kappa shape index (κ3) is 2.95. The molecule has 1 amide bonds. The smallest absolute Gasteiger partial charge is 0.265 e. The standard InChI is InChI=1S/C11H14ClN3O/c12-10-3-1-9(2-4-10)11(16)14-15-7-5-13-6-8-15/h1-4,13H,5-8H2,(H,14,16). The van der Waals surface area contributed by atoms with Crippen LogP contribution in [0.15, 0.2) is 24.3 Å². The predicted octanol–water partition coefficient (Wildman–Crippen LogP) is 0.890. The molecule has 0 spiro atoms. The Morgan fingerprint density at radius 2 is 1.88 bits per heavy atom. The van der Waals surface area contributed by atoms with Gasteiger partial charge in [-0.2, -0.15) is 0 Å². The van der Waals surface area contributed by atoms with Gasteiger partial charge < -0.3 is 5.32 Å². The topological polar surface area (TPSA) is 44.4 Å². The summed E-state index contributed by atoms with van der Waals surface area (Å²) in [5.74, 6) is -0.0847. The summed E-state index contributed by atoms with van der Waals surface area (Å²) < 4.78 is 0. The molecule has 0 saturated carbocycles. The zero-order chi connectivity index (χ0) is 11.4. The van der Waals surface area contributed by atoms with Crippen molar-refractivity contribution in [1.82, 2.24) is 15.8 Å². The quantitative estimate of drug-likeness (QED) is 0.806. The fourth-order valence-corrected chi connectivity index (χ4v) is 1.71. The Morgan fingerprint density at radius 1 is 1.25 bits per heavy atom. The summed E-state index contributed by atoms with van der Waals surface area (Å²) in [5.41, 5.74) is 3.49. The molecular formula is C11H14ClN3O. The number of piperazine rings is 1. The summed E-state index contributed by atoms with van der Waals surface area (Å²) in [6.07, 6.45) is 0. The lowest BCUT2D eigenvalue weighted by molar-refractivity contribution is 0.0765. The van der Waals surface area contributed by atoms with E-state index in [1.165, 1.54) is 0 Å². The molecule has 1 saturated heterocycles. The monoisotopic (exact) mass is 239 g/mol. The van der Waals surface area contributed by atoms with Crippen LogP contribution in [0.25, 0.3) is 0 Å². The third-order valence-corrected chi connectivity index (χ3v) is 2.74. The highest BCUT2D eigenvalue weighted by molar-refractivity contribution is 6.30. The van der Waals surface area contributed by atoms with Crippen molar-refractivity contribution in [3.05, 3.63) is 34.9 Å². The van der Waals surface area contributed by atoms with Gasteiger partial charge in [-0.25, -0.2) is 5.01 Å². The van der Waals surface area contributed by atoms with Crippen molar-refractivity contribution in [2.24, 2.45) is 0 Å². The molecule has 1 heterocycles. The maximum absolute atomic E-state index is 11.8. The van der Waals surface area contributed by atoms with E-state index in [9.17, 15) is 4.79 Å². The number of halogens is 1. The third-order valence-electron chi connectivity index (χ3n) is 2.48. The molecule has 0 radical (unpaired) electrons. The van der Waals surface area contributed by atoms with Gasteiger partial charge in [0.1, 0.15) is 0 Å². The molecule has 0 aliphatic carbocycles. The summed E-state index contributed by atoms with van der Waals surface area (Å²) in [6.45, 7) is 3.47. The van der Waals surface area contributed by atoms with Crippen molar-refractivity contribution in [2.45, 2.75) is 0 Å². The SMILES string of the molecule is O=C(NN1CCNCC1)c1ccc(Cl)cc1. The Hall–Kier alpha value is -1.10. The maximum Gasteiger partial charge on any atom is 0.265 e. The van der Waals surface area contributed by atoms with Gasteiger partial charge >= 0.3 is 0 Å². The molecule has 16 heavy (non-hydrogen) atoms. The highest BCUT2D eigenvalue weighted by Crippen LogP contribution is 2.09. The molecule has 1 aliphatic heterocycles. The first kappa shape index (κ1) is 11.4. The number of benzene rings is 1. The zero-order valence-electron chi connectivity index (χ0n) is 8.87. The van der Waals surface area contributed by atoms with Crippen LogP contribution in [0.5, 0.6) is 0 Å². The minimum absolute atomic E-state index is 0.0847. The van der Waals surface area contributed by atoms with Crippen molar-refractivity contribution < 1.29 is 4.79 Å². The van der Waals surface area contributed by atoms with Crippen LogP contribution in [0.3, 0.4) is 0 Å². The van der Waals surface area contributed by atoms with Gasteiger partial charge in [-0.15, -0.1) is 0 Å². The molecule has 1 aromatic rings. The number of hydrazine groups is 1. The predicted molar refractivity (Wildman–Crippen MR) is 63.4 cm³/mol. The van der Waals surface area contributed by atoms with E-state index in [0.717, 1.165) is 26.2 Å². The molecule has 0 unspecified atom stereocenters. The van der Waals surface area contributed by atoms with Gasteiger partial charge in [0.25, 0.3) is 5.91 Å². The van der Waals surface area contributed by atoms with Crippen LogP contribution in [0.4, 0.5) is 0 Å². The lowest BCUT2D eigenvalue weighted by Crippen LogP contribution is -2.52. The largest absolute Gasteiger partial charge is 0.314 e. The number of hydrogen-bond acceptors (Lipinski definition) is 3. The fourth-order valence-electron chi connectivity index (χ4n) is 1.59. The molecule has 0 bridgehead atoms. The molecular weight excluding hydrogens is 226 g/mol. The summed E-state index contributed by atoms with van der Waals surface area (Å²) in [5, 5.41) is 5.79. The molecule has 1 fully saturated rings. The van der Waals surface area contributed by atoms with E-state index in [-0.39, 0.29) is 5.91 Å². The second-order valence-corrected chi connectivity index (χ2v) is 4.12. The summed E-state index contributed by atoms with van der Waals surface area (Å²) in [4.78, 5) is 11.8. The second kappa shape index (κ2) is 5.30. The molecule has 86 valence electrons. The number of rotatable bonds is 2. The van der Waals surface area contributed by atoms with Crippen LogP contribution in [0, 0.1) is 0 Å². The molecule has 4 nitrogen and oxygen atoms in total. The van der Waals surface area contributed by atoms with Crippen molar-refractivity contribution in [3.8, 4) is 0 Å². The summed E-state index contributed by atoms with van der Waals surface area (Å²) >= 11 is 5.76. The van der Waals surface area contributed by atoms with E-state index in [1.54, 1.807) is 24.3 Å². The normalized spacial score (nSPS) is 17.1. The highest BCUT2D eigenvalue weighted by Gasteiger charge is 2.13. The van der Waals surface area contributed by atoms with Crippen LogP contribution in [0.2, 0.25) is 5.02 Å². The maximum atomic E-state index is 11.8. The van der Waals surface area contributed by atoms with Crippen LogP contribution in [-0.2, 0) is 0 Å². The van der Waals surface area contributed by atoms with Gasteiger partial charge in [0.05, 0.1) is 0 Å². The molecule has 1 aromatic carbocycles. The lowest BCUT2D eigenvalue weighted by atomic mass is 10.2. The number of nitrogens with one attached hydrogen (secondary N) is 2. The Bertz CT molecular complexity index is 360. The Balaban J connectivity index is 1.94. The van der Waals surface area contributed by atoms with E-state index in [2.05, 4.69) is 10.7 Å². The Labute approximate surface area is 99.5 Å². The number of nitrogens with zero attached hydrogens (tertiary/aromatic N) is 1. The molecule has 2 N–H and O–H groups in total. The number of carbonyl (C=O) groups is 1. The van der Waals surface area contributed by atoms with E-state index < -0.39 is 0 Å². The average Bonchev–Trinajstić information content (AvgIpc) is 2.31. The Kier molecular flexibility index (Phi) is 3.77. The summed E-state index contributed by atoms with van der Waals surface area (Å²) in [7, 11) is 0. The van der Waals surface area contributed by atoms with Gasteiger partial charge in [-0.3, -0.25) is 10.2 Å². The van der Waals surface area contributed by atoms with Gasteiger partial charge in [-0.05, 0) is 24.3 Å². The zero-order valence-corrected chi connectivity index (χ0v) is 9.63. The first-order valence-corrected chi connectivity index (χ1v) is 5.66. The van der Waals surface area contributed by atoms with E-state index in [4.69, 9.17) is 11.6 Å². The van der Waals surface area contributed by atoms with E-state index in [1.807, 2.05) is 5.01 Å². The van der Waals surface area contributed by atoms with E-state index in [0.29, 0.717) is 10.6 Å². The van der Waals surface area contributed by atoms with Crippen LogP contribution < -0.4 is 10.7 Å². The summed E-state index contributed by atoms with van der Waals surface area (Å²) in [6, 6.07) is 6.88.